The van der Waals surface area contributed by atoms with E-state index in [1.54, 1.807) is 18.2 Å². The van der Waals surface area contributed by atoms with Gasteiger partial charge >= 0.3 is 0 Å². The summed E-state index contributed by atoms with van der Waals surface area (Å²) in [5.74, 6) is -1.04. The van der Waals surface area contributed by atoms with E-state index in [4.69, 9.17) is 5.73 Å². The van der Waals surface area contributed by atoms with Crippen LogP contribution < -0.4 is 5.73 Å². The Balaban J connectivity index is 2.94. The van der Waals surface area contributed by atoms with Crippen molar-refractivity contribution in [3.05, 3.63) is 23.8 Å². The summed E-state index contributed by atoms with van der Waals surface area (Å²) in [5.41, 5.74) is 5.70. The molecule has 2 aromatic rings. The van der Waals surface area contributed by atoms with E-state index >= 15 is 0 Å². The molecule has 1 aromatic carbocycles. The summed E-state index contributed by atoms with van der Waals surface area (Å²) in [6, 6.07) is 5.01. The summed E-state index contributed by atoms with van der Waals surface area (Å²) in [5, 5.41) is 9.98. The highest BCUT2D eigenvalue weighted by atomic mass is 32.2. The summed E-state index contributed by atoms with van der Waals surface area (Å²) in [4.78, 5) is 14.3. The van der Waals surface area contributed by atoms with Gasteiger partial charge in [-0.05, 0) is 12.1 Å². The number of hydrogen-bond acceptors (Lipinski definition) is 3. The Morgan fingerprint density at radius 2 is 2.19 bits per heavy atom. The monoisotopic (exact) mass is 238 g/mol. The first kappa shape index (κ1) is 10.7. The van der Waals surface area contributed by atoms with E-state index in [-0.39, 0.29) is 11.4 Å². The van der Waals surface area contributed by atoms with Gasteiger partial charge in [0.15, 0.2) is 0 Å². The standard InChI is InChI=1S/C10H10N2O3S/c1-16(15)6-4-2-3-5-7(6)8(9(11)13)10(14)12-5/h2-4,12,14H,1H3,(H2,11,13). The minimum Gasteiger partial charge on any atom is -0.494 e. The maximum Gasteiger partial charge on any atom is 0.254 e. The van der Waals surface area contributed by atoms with Crippen molar-refractivity contribution in [2.45, 2.75) is 4.90 Å². The topological polar surface area (TPSA) is 96.2 Å². The minimum absolute atomic E-state index is 0.0131. The Kier molecular flexibility index (Phi) is 2.43. The zero-order chi connectivity index (χ0) is 11.9. The Morgan fingerprint density at radius 3 is 2.75 bits per heavy atom. The van der Waals surface area contributed by atoms with Crippen LogP contribution in [0.15, 0.2) is 23.1 Å². The molecule has 1 heterocycles. The van der Waals surface area contributed by atoms with Crippen LogP contribution in [0.2, 0.25) is 0 Å². The predicted molar refractivity (Wildman–Crippen MR) is 60.8 cm³/mol. The van der Waals surface area contributed by atoms with Crippen LogP contribution in [0.3, 0.4) is 0 Å². The van der Waals surface area contributed by atoms with E-state index in [9.17, 15) is 14.1 Å². The maximum absolute atomic E-state index is 11.5. The van der Waals surface area contributed by atoms with Gasteiger partial charge in [0, 0.05) is 16.5 Å². The fourth-order valence-corrected chi connectivity index (χ4v) is 2.45. The molecule has 0 spiro atoms. The van der Waals surface area contributed by atoms with Crippen LogP contribution in [-0.2, 0) is 10.8 Å². The van der Waals surface area contributed by atoms with Gasteiger partial charge in [-0.15, -0.1) is 0 Å². The number of amides is 1. The van der Waals surface area contributed by atoms with Gasteiger partial charge in [0.05, 0.1) is 16.3 Å². The number of hydrogen-bond donors (Lipinski definition) is 3. The van der Waals surface area contributed by atoms with E-state index < -0.39 is 16.7 Å². The summed E-state index contributed by atoms with van der Waals surface area (Å²) in [6.07, 6.45) is 1.50. The quantitative estimate of drug-likeness (QED) is 0.718. The molecule has 0 saturated carbocycles. The molecule has 0 aliphatic rings. The third-order valence-electron chi connectivity index (χ3n) is 2.32. The molecule has 0 aliphatic carbocycles. The highest BCUT2D eigenvalue weighted by Crippen LogP contribution is 2.30. The molecule has 0 radical (unpaired) electrons. The van der Waals surface area contributed by atoms with Gasteiger partial charge < -0.3 is 15.8 Å². The number of primary amides is 1. The molecular formula is C10H10N2O3S. The number of nitrogens with two attached hydrogens (primary N) is 1. The predicted octanol–water partition coefficient (Wildman–Crippen LogP) is 0.710. The van der Waals surface area contributed by atoms with Crippen molar-refractivity contribution in [1.82, 2.24) is 4.98 Å². The molecule has 0 saturated heterocycles. The molecular weight excluding hydrogens is 228 g/mol. The Morgan fingerprint density at radius 1 is 1.50 bits per heavy atom. The fourth-order valence-electron chi connectivity index (χ4n) is 1.68. The van der Waals surface area contributed by atoms with E-state index in [1.165, 1.54) is 6.26 Å². The van der Waals surface area contributed by atoms with Crippen molar-refractivity contribution in [3.63, 3.8) is 0 Å². The second kappa shape index (κ2) is 3.64. The Labute approximate surface area is 93.7 Å². The number of aromatic nitrogens is 1. The number of rotatable bonds is 2. The first-order valence-corrected chi connectivity index (χ1v) is 6.05. The summed E-state index contributed by atoms with van der Waals surface area (Å²) >= 11 is 0. The number of aromatic hydroxyl groups is 1. The lowest BCUT2D eigenvalue weighted by molar-refractivity contribution is 0.0999. The number of aromatic amines is 1. The highest BCUT2D eigenvalue weighted by Gasteiger charge is 2.19. The van der Waals surface area contributed by atoms with Crippen LogP contribution in [0.4, 0.5) is 0 Å². The van der Waals surface area contributed by atoms with Crippen molar-refractivity contribution >= 4 is 27.6 Å². The molecule has 5 nitrogen and oxygen atoms in total. The average Bonchev–Trinajstić information content (AvgIpc) is 2.52. The minimum atomic E-state index is -1.26. The van der Waals surface area contributed by atoms with Crippen LogP contribution in [0.1, 0.15) is 10.4 Å². The zero-order valence-corrected chi connectivity index (χ0v) is 9.30. The van der Waals surface area contributed by atoms with Crippen LogP contribution in [-0.4, -0.2) is 26.5 Å². The summed E-state index contributed by atoms with van der Waals surface area (Å²) < 4.78 is 11.5. The molecule has 84 valence electrons. The van der Waals surface area contributed by atoms with Gasteiger partial charge in [0.2, 0.25) is 5.88 Å². The third-order valence-corrected chi connectivity index (χ3v) is 3.28. The van der Waals surface area contributed by atoms with E-state index in [2.05, 4.69) is 4.98 Å². The number of fused-ring (bicyclic) bond motifs is 1. The van der Waals surface area contributed by atoms with Gasteiger partial charge in [-0.2, -0.15) is 0 Å². The van der Waals surface area contributed by atoms with Gasteiger partial charge in [0.25, 0.3) is 5.91 Å². The number of benzene rings is 1. The third kappa shape index (κ3) is 1.47. The molecule has 6 heteroatoms. The van der Waals surface area contributed by atoms with Crippen molar-refractivity contribution in [3.8, 4) is 5.88 Å². The van der Waals surface area contributed by atoms with E-state index in [0.29, 0.717) is 15.8 Å². The van der Waals surface area contributed by atoms with Crippen molar-refractivity contribution in [1.29, 1.82) is 0 Å². The second-order valence-electron chi connectivity index (χ2n) is 3.35. The van der Waals surface area contributed by atoms with Crippen molar-refractivity contribution in [2.24, 2.45) is 5.73 Å². The van der Waals surface area contributed by atoms with Gasteiger partial charge in [-0.3, -0.25) is 9.00 Å². The van der Waals surface area contributed by atoms with Gasteiger partial charge in [-0.1, -0.05) is 6.07 Å². The van der Waals surface area contributed by atoms with Gasteiger partial charge in [0.1, 0.15) is 5.56 Å². The smallest absolute Gasteiger partial charge is 0.254 e. The molecule has 1 atom stereocenters. The lowest BCUT2D eigenvalue weighted by Gasteiger charge is -2.00. The molecule has 1 unspecified atom stereocenters. The van der Waals surface area contributed by atoms with Crippen LogP contribution in [0, 0.1) is 0 Å². The van der Waals surface area contributed by atoms with Crippen molar-refractivity contribution < 1.29 is 14.1 Å². The summed E-state index contributed by atoms with van der Waals surface area (Å²) in [7, 11) is -1.26. The fraction of sp³-hybridized carbons (Fsp3) is 0.100. The van der Waals surface area contributed by atoms with E-state index in [1.807, 2.05) is 0 Å². The maximum atomic E-state index is 11.5. The summed E-state index contributed by atoms with van der Waals surface area (Å²) in [6.45, 7) is 0. The highest BCUT2D eigenvalue weighted by molar-refractivity contribution is 7.84. The van der Waals surface area contributed by atoms with Crippen molar-refractivity contribution in [2.75, 3.05) is 6.26 Å². The molecule has 0 bridgehead atoms. The van der Waals surface area contributed by atoms with Gasteiger partial charge in [-0.25, -0.2) is 0 Å². The number of H-pyrrole nitrogens is 1. The Bertz CT molecular complexity index is 603. The molecule has 16 heavy (non-hydrogen) atoms. The lowest BCUT2D eigenvalue weighted by atomic mass is 10.1. The van der Waals surface area contributed by atoms with Crippen LogP contribution in [0.25, 0.3) is 10.9 Å². The first-order chi connectivity index (χ1) is 7.52. The lowest BCUT2D eigenvalue weighted by Crippen LogP contribution is -2.11. The molecule has 2 rings (SSSR count). The molecule has 4 N–H and O–H groups in total. The average molecular weight is 238 g/mol. The first-order valence-electron chi connectivity index (χ1n) is 4.49. The molecule has 0 aliphatic heterocycles. The SMILES string of the molecule is CS(=O)c1cccc2[nH]c(O)c(C(N)=O)c12. The molecule has 1 aromatic heterocycles. The number of nitrogens with one attached hydrogen (secondary N) is 1. The Hall–Kier alpha value is -1.82. The number of carbonyl (C=O) groups excluding carboxylic acids is 1. The molecule has 1 amide bonds. The van der Waals surface area contributed by atoms with E-state index in [0.717, 1.165) is 0 Å². The van der Waals surface area contributed by atoms with Crippen LogP contribution in [0.5, 0.6) is 5.88 Å². The molecule has 0 fully saturated rings. The van der Waals surface area contributed by atoms with Crippen LogP contribution >= 0.6 is 0 Å². The number of carbonyl (C=O) groups is 1. The largest absolute Gasteiger partial charge is 0.494 e. The normalized spacial score (nSPS) is 12.8. The zero-order valence-electron chi connectivity index (χ0n) is 8.48. The second-order valence-corrected chi connectivity index (χ2v) is 4.69.